The van der Waals surface area contributed by atoms with E-state index in [0.29, 0.717) is 16.3 Å². The largest absolute Gasteiger partial charge is 0.409 e. The van der Waals surface area contributed by atoms with Crippen LogP contribution in [0.25, 0.3) is 0 Å². The molecular formula is C13H13FN4O2S. The van der Waals surface area contributed by atoms with Crippen molar-refractivity contribution >= 4 is 28.8 Å². The van der Waals surface area contributed by atoms with Gasteiger partial charge in [0, 0.05) is 5.69 Å². The van der Waals surface area contributed by atoms with E-state index in [1.165, 1.54) is 23.5 Å². The van der Waals surface area contributed by atoms with Crippen LogP contribution in [-0.2, 0) is 0 Å². The number of benzene rings is 1. The van der Waals surface area contributed by atoms with Gasteiger partial charge in [0.2, 0.25) is 0 Å². The normalized spacial score (nSPS) is 11.5. The molecule has 0 aliphatic carbocycles. The summed E-state index contributed by atoms with van der Waals surface area (Å²) in [5.74, 6) is -1.35. The number of nitrogens with two attached hydrogens (primary N) is 1. The molecule has 2 aromatic rings. The third-order valence-electron chi connectivity index (χ3n) is 2.72. The number of oxime groups is 1. The van der Waals surface area contributed by atoms with Crippen LogP contribution >= 0.6 is 11.3 Å². The number of hydrogen-bond donors (Lipinski definition) is 3. The molecule has 1 aromatic carbocycles. The predicted molar refractivity (Wildman–Crippen MR) is 78.5 cm³/mol. The molecule has 0 saturated heterocycles. The fraction of sp³-hybridized carbons (Fsp3) is 0.154. The van der Waals surface area contributed by atoms with E-state index >= 15 is 0 Å². The average Bonchev–Trinajstić information content (AvgIpc) is 2.79. The molecule has 0 unspecified atom stereocenters. The van der Waals surface area contributed by atoms with Crippen LogP contribution in [0, 0.1) is 19.7 Å². The number of aryl methyl sites for hydroxylation is 2. The van der Waals surface area contributed by atoms with E-state index in [4.69, 9.17) is 10.9 Å². The highest BCUT2D eigenvalue weighted by atomic mass is 32.1. The second-order valence-electron chi connectivity index (χ2n) is 4.28. The quantitative estimate of drug-likeness (QED) is 0.350. The van der Waals surface area contributed by atoms with Gasteiger partial charge < -0.3 is 16.3 Å². The molecule has 110 valence electrons. The minimum atomic E-state index is -0.645. The lowest BCUT2D eigenvalue weighted by molar-refractivity contribution is 0.103. The number of anilines is 1. The van der Waals surface area contributed by atoms with Gasteiger partial charge in [0.1, 0.15) is 10.7 Å². The number of rotatable bonds is 3. The first kappa shape index (κ1) is 14.9. The Kier molecular flexibility index (Phi) is 4.18. The summed E-state index contributed by atoms with van der Waals surface area (Å²) >= 11 is 1.27. The van der Waals surface area contributed by atoms with Crippen molar-refractivity contribution in [3.8, 4) is 0 Å². The second kappa shape index (κ2) is 5.88. The Morgan fingerprint density at radius 1 is 1.48 bits per heavy atom. The lowest BCUT2D eigenvalue weighted by Crippen LogP contribution is -2.17. The highest BCUT2D eigenvalue weighted by Gasteiger charge is 2.15. The Morgan fingerprint density at radius 2 is 2.19 bits per heavy atom. The number of thiazole rings is 1. The summed E-state index contributed by atoms with van der Waals surface area (Å²) in [5, 5.41) is 14.8. The Bertz CT molecular complexity index is 727. The van der Waals surface area contributed by atoms with Crippen molar-refractivity contribution < 1.29 is 14.4 Å². The Hall–Kier alpha value is -2.48. The van der Waals surface area contributed by atoms with Gasteiger partial charge in [-0.1, -0.05) is 5.16 Å². The van der Waals surface area contributed by atoms with Crippen molar-refractivity contribution in [3.63, 3.8) is 0 Å². The third kappa shape index (κ3) is 3.16. The molecule has 0 saturated carbocycles. The van der Waals surface area contributed by atoms with Crippen molar-refractivity contribution in [3.05, 3.63) is 45.2 Å². The molecule has 6 nitrogen and oxygen atoms in total. The van der Waals surface area contributed by atoms with Gasteiger partial charge in [0.15, 0.2) is 5.84 Å². The van der Waals surface area contributed by atoms with Crippen molar-refractivity contribution in [2.24, 2.45) is 10.9 Å². The SMILES string of the molecule is Cc1nc(C)c(C(=O)Nc2ccc(F)c(/C(N)=N/O)c2)s1. The molecule has 21 heavy (non-hydrogen) atoms. The smallest absolute Gasteiger partial charge is 0.267 e. The van der Waals surface area contributed by atoms with Crippen LogP contribution in [0.4, 0.5) is 10.1 Å². The van der Waals surface area contributed by atoms with Crippen molar-refractivity contribution in [2.75, 3.05) is 5.32 Å². The van der Waals surface area contributed by atoms with Gasteiger partial charge >= 0.3 is 0 Å². The Labute approximate surface area is 124 Å². The van der Waals surface area contributed by atoms with Crippen LogP contribution in [0.5, 0.6) is 0 Å². The van der Waals surface area contributed by atoms with Crippen LogP contribution in [0.2, 0.25) is 0 Å². The molecule has 1 amide bonds. The van der Waals surface area contributed by atoms with Gasteiger partial charge in [-0.3, -0.25) is 4.79 Å². The van der Waals surface area contributed by atoms with E-state index in [2.05, 4.69) is 15.5 Å². The minimum Gasteiger partial charge on any atom is -0.409 e. The number of amides is 1. The van der Waals surface area contributed by atoms with Crippen LogP contribution in [0.15, 0.2) is 23.4 Å². The molecule has 4 N–H and O–H groups in total. The molecular weight excluding hydrogens is 295 g/mol. The molecule has 8 heteroatoms. The van der Waals surface area contributed by atoms with Crippen molar-refractivity contribution in [1.29, 1.82) is 0 Å². The van der Waals surface area contributed by atoms with Gasteiger partial charge in [-0.15, -0.1) is 11.3 Å². The number of carbonyl (C=O) groups is 1. The van der Waals surface area contributed by atoms with Crippen LogP contribution in [0.3, 0.4) is 0 Å². The summed E-state index contributed by atoms with van der Waals surface area (Å²) < 4.78 is 13.5. The fourth-order valence-electron chi connectivity index (χ4n) is 1.78. The molecule has 2 rings (SSSR count). The summed E-state index contributed by atoms with van der Waals surface area (Å²) in [5.41, 5.74) is 6.26. The molecule has 0 spiro atoms. The average molecular weight is 308 g/mol. The van der Waals surface area contributed by atoms with Gasteiger partial charge in [-0.25, -0.2) is 9.37 Å². The summed E-state index contributed by atoms with van der Waals surface area (Å²) in [6, 6.07) is 3.82. The number of nitrogens with one attached hydrogen (secondary N) is 1. The van der Waals surface area contributed by atoms with E-state index in [9.17, 15) is 9.18 Å². The van der Waals surface area contributed by atoms with Gasteiger partial charge in [-0.05, 0) is 32.0 Å². The standard InChI is InChI=1S/C13H13FN4O2S/c1-6-11(21-7(2)16-6)13(19)17-8-3-4-10(14)9(5-8)12(15)18-20/h3-5,20H,1-2H3,(H2,15,18)(H,17,19). The first-order valence-corrected chi connectivity index (χ1v) is 6.77. The highest BCUT2D eigenvalue weighted by molar-refractivity contribution is 7.13. The minimum absolute atomic E-state index is 0.0903. The van der Waals surface area contributed by atoms with Gasteiger partial charge in [-0.2, -0.15) is 0 Å². The van der Waals surface area contributed by atoms with Crippen molar-refractivity contribution in [1.82, 2.24) is 4.98 Å². The maximum Gasteiger partial charge on any atom is 0.267 e. The molecule has 0 radical (unpaired) electrons. The van der Waals surface area contributed by atoms with E-state index in [1.54, 1.807) is 6.92 Å². The van der Waals surface area contributed by atoms with E-state index in [0.717, 1.165) is 11.1 Å². The number of nitrogens with zero attached hydrogens (tertiary/aromatic N) is 2. The summed E-state index contributed by atoms with van der Waals surface area (Å²) in [7, 11) is 0. The maximum atomic E-state index is 13.5. The number of aromatic nitrogens is 1. The van der Waals surface area contributed by atoms with Gasteiger partial charge in [0.05, 0.1) is 16.3 Å². The zero-order valence-corrected chi connectivity index (χ0v) is 12.2. The first-order valence-electron chi connectivity index (χ1n) is 5.95. The lowest BCUT2D eigenvalue weighted by Gasteiger charge is -2.07. The monoisotopic (exact) mass is 308 g/mol. The Morgan fingerprint density at radius 3 is 2.76 bits per heavy atom. The number of hydrogen-bond acceptors (Lipinski definition) is 5. The first-order chi connectivity index (χ1) is 9.92. The number of halogens is 1. The number of carbonyl (C=O) groups excluding carboxylic acids is 1. The molecule has 1 heterocycles. The third-order valence-corrected chi connectivity index (χ3v) is 3.79. The van der Waals surface area contributed by atoms with E-state index < -0.39 is 5.82 Å². The van der Waals surface area contributed by atoms with E-state index in [-0.39, 0.29) is 17.3 Å². The van der Waals surface area contributed by atoms with Crippen LogP contribution in [-0.4, -0.2) is 21.9 Å². The molecule has 0 aliphatic heterocycles. The van der Waals surface area contributed by atoms with Gasteiger partial charge in [0.25, 0.3) is 5.91 Å². The fourth-order valence-corrected chi connectivity index (χ4v) is 2.60. The lowest BCUT2D eigenvalue weighted by atomic mass is 10.1. The summed E-state index contributed by atoms with van der Waals surface area (Å²) in [6.45, 7) is 3.55. The van der Waals surface area contributed by atoms with Crippen LogP contribution in [0.1, 0.15) is 25.9 Å². The zero-order chi connectivity index (χ0) is 15.6. The molecule has 0 atom stereocenters. The molecule has 0 aliphatic rings. The highest BCUT2D eigenvalue weighted by Crippen LogP contribution is 2.20. The van der Waals surface area contributed by atoms with E-state index in [1.807, 2.05) is 6.92 Å². The van der Waals surface area contributed by atoms with Crippen molar-refractivity contribution in [2.45, 2.75) is 13.8 Å². The second-order valence-corrected chi connectivity index (χ2v) is 5.48. The maximum absolute atomic E-state index is 13.5. The summed E-state index contributed by atoms with van der Waals surface area (Å²) in [6.07, 6.45) is 0. The zero-order valence-electron chi connectivity index (χ0n) is 11.3. The Balaban J connectivity index is 2.28. The topological polar surface area (TPSA) is 101 Å². The summed E-state index contributed by atoms with van der Waals surface area (Å²) in [4.78, 5) is 16.8. The molecule has 0 fully saturated rings. The van der Waals surface area contributed by atoms with Crippen LogP contribution < -0.4 is 11.1 Å². The molecule has 0 bridgehead atoms. The molecule has 1 aromatic heterocycles. The number of amidine groups is 1. The predicted octanol–water partition coefficient (Wildman–Crippen LogP) is 2.25.